The van der Waals surface area contributed by atoms with E-state index in [1.807, 2.05) is 56.3 Å². The molecule has 0 spiro atoms. The van der Waals surface area contributed by atoms with Gasteiger partial charge in [0.05, 0.1) is 13.5 Å². The van der Waals surface area contributed by atoms with E-state index in [9.17, 15) is 9.59 Å². The van der Waals surface area contributed by atoms with E-state index in [-0.39, 0.29) is 24.3 Å². The van der Waals surface area contributed by atoms with Gasteiger partial charge >= 0.3 is 0 Å². The SMILES string of the molecule is CC[C@@H](C)NC(=O)[C@H](C)N(Cc1cccc(OC)c1)C(=O)Cc1ccccc1Cl. The Hall–Kier alpha value is -2.53. The first kappa shape index (κ1) is 22.8. The maximum atomic E-state index is 13.2. The summed E-state index contributed by atoms with van der Waals surface area (Å²) in [5.74, 6) is 0.375. The van der Waals surface area contributed by atoms with Gasteiger partial charge in [-0.15, -0.1) is 0 Å². The normalized spacial score (nSPS) is 12.7. The fraction of sp³-hybridized carbons (Fsp3) is 0.391. The number of halogens is 1. The molecule has 0 saturated heterocycles. The van der Waals surface area contributed by atoms with E-state index in [0.29, 0.717) is 17.3 Å². The first-order valence-electron chi connectivity index (χ1n) is 9.81. The average molecular weight is 417 g/mol. The van der Waals surface area contributed by atoms with Crippen molar-refractivity contribution < 1.29 is 14.3 Å². The summed E-state index contributed by atoms with van der Waals surface area (Å²) in [6.07, 6.45) is 0.951. The number of amides is 2. The quantitative estimate of drug-likeness (QED) is 0.665. The predicted octanol–water partition coefficient (Wildman–Crippen LogP) is 4.22. The molecule has 2 atom stereocenters. The third-order valence-corrected chi connectivity index (χ3v) is 5.32. The number of hydrogen-bond acceptors (Lipinski definition) is 3. The molecular weight excluding hydrogens is 388 g/mol. The fourth-order valence-corrected chi connectivity index (χ4v) is 3.12. The molecular formula is C23H29ClN2O3. The van der Waals surface area contributed by atoms with Crippen LogP contribution in [-0.2, 0) is 22.6 Å². The van der Waals surface area contributed by atoms with Crippen molar-refractivity contribution in [3.05, 3.63) is 64.7 Å². The summed E-state index contributed by atoms with van der Waals surface area (Å²) < 4.78 is 5.28. The van der Waals surface area contributed by atoms with E-state index in [1.54, 1.807) is 25.0 Å². The molecule has 0 aliphatic rings. The van der Waals surface area contributed by atoms with Crippen molar-refractivity contribution in [3.8, 4) is 5.75 Å². The molecule has 1 N–H and O–H groups in total. The molecule has 0 aliphatic heterocycles. The van der Waals surface area contributed by atoms with Gasteiger partial charge in [-0.1, -0.05) is 48.9 Å². The van der Waals surface area contributed by atoms with Crippen molar-refractivity contribution in [1.29, 1.82) is 0 Å². The van der Waals surface area contributed by atoms with Crippen molar-refractivity contribution >= 4 is 23.4 Å². The van der Waals surface area contributed by atoms with Crippen LogP contribution in [-0.4, -0.2) is 35.9 Å². The minimum atomic E-state index is -0.620. The standard InChI is InChI=1S/C23H29ClN2O3/c1-5-16(2)25-23(28)17(3)26(15-18-9-8-11-20(13-18)29-4)22(27)14-19-10-6-7-12-21(19)24/h6-13,16-17H,5,14-15H2,1-4H3,(H,25,28)/t16-,17+/m1/s1. The van der Waals surface area contributed by atoms with Crippen LogP contribution >= 0.6 is 11.6 Å². The Labute approximate surface area is 178 Å². The second-order valence-electron chi connectivity index (χ2n) is 7.14. The second-order valence-corrected chi connectivity index (χ2v) is 7.54. The van der Waals surface area contributed by atoms with E-state index >= 15 is 0 Å². The highest BCUT2D eigenvalue weighted by Gasteiger charge is 2.27. The van der Waals surface area contributed by atoms with E-state index in [2.05, 4.69) is 5.32 Å². The Bertz CT molecular complexity index is 840. The smallest absolute Gasteiger partial charge is 0.242 e. The van der Waals surface area contributed by atoms with Gasteiger partial charge in [-0.2, -0.15) is 0 Å². The Morgan fingerprint density at radius 2 is 1.86 bits per heavy atom. The van der Waals surface area contributed by atoms with Gasteiger partial charge in [0, 0.05) is 17.6 Å². The number of carbonyl (C=O) groups is 2. The Morgan fingerprint density at radius 1 is 1.14 bits per heavy atom. The van der Waals surface area contributed by atoms with Crippen molar-refractivity contribution in [1.82, 2.24) is 10.2 Å². The third kappa shape index (κ3) is 6.50. The number of methoxy groups -OCH3 is 1. The predicted molar refractivity (Wildman–Crippen MR) is 116 cm³/mol. The molecule has 0 radical (unpaired) electrons. The summed E-state index contributed by atoms with van der Waals surface area (Å²) in [6.45, 7) is 6.01. The van der Waals surface area contributed by atoms with Crippen LogP contribution in [0.3, 0.4) is 0 Å². The summed E-state index contributed by atoms with van der Waals surface area (Å²) in [7, 11) is 1.60. The first-order chi connectivity index (χ1) is 13.8. The highest BCUT2D eigenvalue weighted by Crippen LogP contribution is 2.20. The first-order valence-corrected chi connectivity index (χ1v) is 10.2. The molecule has 29 heavy (non-hydrogen) atoms. The summed E-state index contributed by atoms with van der Waals surface area (Å²) in [5, 5.41) is 3.51. The largest absolute Gasteiger partial charge is 0.497 e. The lowest BCUT2D eigenvalue weighted by Crippen LogP contribution is -2.49. The topological polar surface area (TPSA) is 58.6 Å². The molecule has 6 heteroatoms. The molecule has 0 unspecified atom stereocenters. The zero-order valence-electron chi connectivity index (χ0n) is 17.4. The Kier molecular flexibility index (Phi) is 8.52. The van der Waals surface area contributed by atoms with Gasteiger partial charge in [-0.3, -0.25) is 9.59 Å². The molecule has 2 aromatic carbocycles. The lowest BCUT2D eigenvalue weighted by Gasteiger charge is -2.30. The van der Waals surface area contributed by atoms with Crippen molar-refractivity contribution in [2.75, 3.05) is 7.11 Å². The van der Waals surface area contributed by atoms with Crippen molar-refractivity contribution in [2.24, 2.45) is 0 Å². The number of rotatable bonds is 9. The van der Waals surface area contributed by atoms with Gasteiger partial charge in [0.25, 0.3) is 0 Å². The van der Waals surface area contributed by atoms with Crippen LogP contribution < -0.4 is 10.1 Å². The molecule has 0 aliphatic carbocycles. The van der Waals surface area contributed by atoms with Gasteiger partial charge in [0.1, 0.15) is 11.8 Å². The summed E-state index contributed by atoms with van der Waals surface area (Å²) in [4.78, 5) is 27.5. The molecule has 0 aromatic heterocycles. The molecule has 156 valence electrons. The number of hydrogen-bond donors (Lipinski definition) is 1. The van der Waals surface area contributed by atoms with E-state index in [0.717, 1.165) is 17.5 Å². The van der Waals surface area contributed by atoms with Gasteiger partial charge in [0.15, 0.2) is 0 Å². The van der Waals surface area contributed by atoms with Crippen LogP contribution in [0.5, 0.6) is 5.75 Å². The van der Waals surface area contributed by atoms with Gasteiger partial charge in [0.2, 0.25) is 11.8 Å². The maximum Gasteiger partial charge on any atom is 0.242 e. The highest BCUT2D eigenvalue weighted by atomic mass is 35.5. The molecule has 2 aromatic rings. The van der Waals surface area contributed by atoms with Crippen LogP contribution in [0.15, 0.2) is 48.5 Å². The average Bonchev–Trinajstić information content (AvgIpc) is 2.73. The van der Waals surface area contributed by atoms with Gasteiger partial charge < -0.3 is 15.0 Å². The fourth-order valence-electron chi connectivity index (χ4n) is 2.92. The van der Waals surface area contributed by atoms with E-state index in [4.69, 9.17) is 16.3 Å². The number of nitrogens with one attached hydrogen (secondary N) is 1. The molecule has 2 rings (SSSR count). The van der Waals surface area contributed by atoms with Crippen LogP contribution in [0.4, 0.5) is 0 Å². The minimum Gasteiger partial charge on any atom is -0.497 e. The monoisotopic (exact) mass is 416 g/mol. The zero-order chi connectivity index (χ0) is 21.4. The minimum absolute atomic E-state index is 0.0438. The molecule has 5 nitrogen and oxygen atoms in total. The molecule has 0 heterocycles. The van der Waals surface area contributed by atoms with Crippen LogP contribution in [0.2, 0.25) is 5.02 Å². The number of benzene rings is 2. The summed E-state index contributed by atoms with van der Waals surface area (Å²) in [5.41, 5.74) is 1.63. The molecule has 0 fully saturated rings. The van der Waals surface area contributed by atoms with Gasteiger partial charge in [-0.05, 0) is 49.6 Å². The van der Waals surface area contributed by atoms with Crippen LogP contribution in [0.25, 0.3) is 0 Å². The zero-order valence-corrected chi connectivity index (χ0v) is 18.2. The molecule has 2 amide bonds. The van der Waals surface area contributed by atoms with E-state index < -0.39 is 6.04 Å². The van der Waals surface area contributed by atoms with Crippen LogP contribution in [0, 0.1) is 0 Å². The Balaban J connectivity index is 2.26. The lowest BCUT2D eigenvalue weighted by molar-refractivity contribution is -0.140. The highest BCUT2D eigenvalue weighted by molar-refractivity contribution is 6.31. The van der Waals surface area contributed by atoms with E-state index in [1.165, 1.54) is 0 Å². The van der Waals surface area contributed by atoms with Crippen LogP contribution in [0.1, 0.15) is 38.3 Å². The number of ether oxygens (including phenoxy) is 1. The number of nitrogens with zero attached hydrogens (tertiary/aromatic N) is 1. The van der Waals surface area contributed by atoms with Crippen molar-refractivity contribution in [2.45, 2.75) is 52.2 Å². The third-order valence-electron chi connectivity index (χ3n) is 4.95. The van der Waals surface area contributed by atoms with Gasteiger partial charge in [-0.25, -0.2) is 0 Å². The molecule has 0 bridgehead atoms. The second kappa shape index (κ2) is 10.9. The summed E-state index contributed by atoms with van der Waals surface area (Å²) >= 11 is 6.24. The number of carbonyl (C=O) groups excluding carboxylic acids is 2. The molecule has 0 saturated carbocycles. The summed E-state index contributed by atoms with van der Waals surface area (Å²) in [6, 6.07) is 14.2. The van der Waals surface area contributed by atoms with Crippen molar-refractivity contribution in [3.63, 3.8) is 0 Å². The maximum absolute atomic E-state index is 13.2. The Morgan fingerprint density at radius 3 is 2.52 bits per heavy atom. The lowest BCUT2D eigenvalue weighted by atomic mass is 10.1.